The number of fused-ring (bicyclic) bond motifs is 22. The predicted octanol–water partition coefficient (Wildman–Crippen LogP) is 39.2. The monoisotopic (exact) mass is 1760 g/mol. The van der Waals surface area contributed by atoms with Crippen molar-refractivity contribution in [1.29, 1.82) is 0 Å². The molecule has 0 radical (unpaired) electrons. The van der Waals surface area contributed by atoms with E-state index in [-0.39, 0.29) is 5.41 Å². The number of hydrogen-bond donors (Lipinski definition) is 0. The summed E-state index contributed by atoms with van der Waals surface area (Å²) in [4.78, 5) is 0. The molecule has 0 fully saturated rings. The fourth-order valence-corrected chi connectivity index (χ4v) is 24.1. The summed E-state index contributed by atoms with van der Waals surface area (Å²) >= 11 is 0. The molecular formula is C139H90. The van der Waals surface area contributed by atoms with Crippen molar-refractivity contribution in [3.05, 3.63) is 521 Å². The van der Waals surface area contributed by atoms with Gasteiger partial charge in [0.05, 0.1) is 0 Å². The molecule has 0 bridgehead atoms. The molecule has 28 aromatic carbocycles. The maximum Gasteiger partial charge on any atom is 0.0159 e. The highest BCUT2D eigenvalue weighted by atomic mass is 14.4. The van der Waals surface area contributed by atoms with Crippen molar-refractivity contribution in [3.8, 4) is 100 Å². The van der Waals surface area contributed by atoms with Gasteiger partial charge in [0.2, 0.25) is 0 Å². The molecule has 0 heteroatoms. The molecule has 0 amide bonds. The predicted molar refractivity (Wildman–Crippen MR) is 600 cm³/mol. The van der Waals surface area contributed by atoms with Crippen molar-refractivity contribution in [1.82, 2.24) is 0 Å². The second-order valence-corrected chi connectivity index (χ2v) is 38.1. The molecule has 0 aromatic heterocycles. The van der Waals surface area contributed by atoms with Gasteiger partial charge in [0, 0.05) is 5.41 Å². The molecule has 0 unspecified atom stereocenters. The van der Waals surface area contributed by atoms with Crippen LogP contribution in [0.5, 0.6) is 0 Å². The van der Waals surface area contributed by atoms with Gasteiger partial charge in [-0.05, 0) is 320 Å². The Balaban J connectivity index is 0.000000106. The minimum atomic E-state index is -0.0480. The van der Waals surface area contributed by atoms with E-state index in [2.05, 4.69) is 523 Å². The normalized spacial score (nSPS) is 12.3. The summed E-state index contributed by atoms with van der Waals surface area (Å²) in [6.45, 7) is 4.73. The third-order valence-corrected chi connectivity index (χ3v) is 30.3. The van der Waals surface area contributed by atoms with Gasteiger partial charge >= 0.3 is 0 Å². The van der Waals surface area contributed by atoms with E-state index in [4.69, 9.17) is 0 Å². The van der Waals surface area contributed by atoms with Gasteiger partial charge in [-0.25, -0.2) is 0 Å². The Hall–Kier alpha value is -17.7. The van der Waals surface area contributed by atoms with Gasteiger partial charge in [-0.1, -0.05) is 487 Å². The number of hydrogen-bond acceptors (Lipinski definition) is 0. The first-order valence-corrected chi connectivity index (χ1v) is 48.6. The first-order valence-electron chi connectivity index (χ1n) is 48.6. The van der Waals surface area contributed by atoms with E-state index in [0.717, 1.165) is 0 Å². The lowest BCUT2D eigenvalue weighted by Gasteiger charge is -2.22. The summed E-state index contributed by atoms with van der Waals surface area (Å²) in [6, 6.07) is 188. The average Bonchev–Trinajstić information content (AvgIpc) is 1.62. The lowest BCUT2D eigenvalue weighted by atomic mass is 9.81. The Morgan fingerprint density at radius 1 is 0.108 bits per heavy atom. The first-order chi connectivity index (χ1) is 68.8. The van der Waals surface area contributed by atoms with Gasteiger partial charge in [-0.3, -0.25) is 0 Å². The van der Waals surface area contributed by atoms with Gasteiger partial charge in [0.15, 0.2) is 0 Å². The van der Waals surface area contributed by atoms with Crippen LogP contribution < -0.4 is 0 Å². The Kier molecular flexibility index (Phi) is 19.1. The molecule has 0 spiro atoms. The smallest absolute Gasteiger partial charge is 0.0159 e. The van der Waals surface area contributed by atoms with Crippen molar-refractivity contribution >= 4 is 172 Å². The molecule has 1 aliphatic rings. The topological polar surface area (TPSA) is 0 Å². The van der Waals surface area contributed by atoms with E-state index < -0.39 is 0 Å². The van der Waals surface area contributed by atoms with Crippen LogP contribution in [0.15, 0.2) is 510 Å². The molecule has 0 heterocycles. The summed E-state index contributed by atoms with van der Waals surface area (Å²) in [5, 5.41) is 40.9. The Labute approximate surface area is 806 Å². The molecule has 28 aromatic rings. The van der Waals surface area contributed by atoms with Crippen molar-refractivity contribution in [2.75, 3.05) is 0 Å². The highest BCUT2D eigenvalue weighted by molar-refractivity contribution is 6.31. The number of rotatable bonds is 8. The Morgan fingerprint density at radius 2 is 0.353 bits per heavy atom. The molecule has 0 saturated carbocycles. The zero-order valence-corrected chi connectivity index (χ0v) is 77.0. The van der Waals surface area contributed by atoms with E-state index in [1.54, 1.807) is 0 Å². The van der Waals surface area contributed by atoms with Crippen molar-refractivity contribution in [2.45, 2.75) is 19.3 Å². The van der Waals surface area contributed by atoms with Crippen molar-refractivity contribution in [3.63, 3.8) is 0 Å². The third kappa shape index (κ3) is 13.1. The summed E-state index contributed by atoms with van der Waals surface area (Å²) in [5.74, 6) is 0. The van der Waals surface area contributed by atoms with Crippen LogP contribution in [0.4, 0.5) is 0 Å². The van der Waals surface area contributed by atoms with Gasteiger partial charge in [0.1, 0.15) is 0 Å². The molecule has 0 nitrogen and oxygen atoms in total. The molecule has 0 atom stereocenters. The van der Waals surface area contributed by atoms with Crippen LogP contribution in [-0.2, 0) is 5.41 Å². The van der Waals surface area contributed by atoms with E-state index >= 15 is 0 Å². The fraction of sp³-hybridized carbons (Fsp3) is 0.0216. The molecule has 1 aliphatic carbocycles. The van der Waals surface area contributed by atoms with Crippen LogP contribution >= 0.6 is 0 Å². The van der Waals surface area contributed by atoms with Gasteiger partial charge < -0.3 is 0 Å². The van der Waals surface area contributed by atoms with Crippen LogP contribution in [0.1, 0.15) is 25.0 Å². The lowest BCUT2D eigenvalue weighted by Crippen LogP contribution is -2.14. The van der Waals surface area contributed by atoms with E-state index in [1.165, 1.54) is 284 Å². The van der Waals surface area contributed by atoms with Crippen molar-refractivity contribution < 1.29 is 0 Å². The summed E-state index contributed by atoms with van der Waals surface area (Å²) in [6.07, 6.45) is 0. The Morgan fingerprint density at radius 3 is 0.770 bits per heavy atom. The van der Waals surface area contributed by atoms with Crippen LogP contribution in [0.2, 0.25) is 0 Å². The third-order valence-electron chi connectivity index (χ3n) is 30.3. The molecule has 0 aliphatic heterocycles. The fourth-order valence-electron chi connectivity index (χ4n) is 24.1. The maximum atomic E-state index is 2.41. The zero-order valence-electron chi connectivity index (χ0n) is 77.0. The molecule has 646 valence electrons. The highest BCUT2D eigenvalue weighted by Crippen LogP contribution is 2.57. The summed E-state index contributed by atoms with van der Waals surface area (Å²) in [5.41, 5.74) is 26.0. The Bertz CT molecular complexity index is 9840. The minimum Gasteiger partial charge on any atom is -0.0619 e. The molecular weight excluding hydrogens is 1670 g/mol. The minimum absolute atomic E-state index is 0.0480. The molecule has 139 heavy (non-hydrogen) atoms. The van der Waals surface area contributed by atoms with Crippen LogP contribution in [0.3, 0.4) is 0 Å². The van der Waals surface area contributed by atoms with Crippen molar-refractivity contribution in [2.24, 2.45) is 0 Å². The number of benzene rings is 28. The lowest BCUT2D eigenvalue weighted by molar-refractivity contribution is 0.660. The average molecular weight is 1760 g/mol. The molecule has 0 N–H and O–H groups in total. The largest absolute Gasteiger partial charge is 0.0619 e. The standard InChI is InChI=1S/C53H36.C48H30.C38H24/c1-53(2)48-28-14-13-26-46(48)52-40(27-15-29-49(52)53)39-30-31-45(37-20-7-6-19-36(37)39)50-41-22-9-11-24-43(41)51(44-25-12-10-23-42(44)50)47-32-33-16-3-4-17-34(33)35-18-5-8-21-38(35)47;1-3-15-37-31(12-1)14-11-23-38(37)35-26-24-33-29-36(27-25-32(33)28-35)47-42-19-7-9-21-44(42)48(45-22-10-8-20-43(45)47)46-30-34-13-2-4-16-39(34)40-17-5-6-18-41(40)46;1-2-12-26-23-28(22-21-25(26)11-1)37-32-17-7-9-19-34(32)38(35-20-10-8-18-33(35)37)36-24-27-13-3-4-14-29(27)30-15-5-6-16-31(30)36/h3-32H,1-2H3;1-30H;1-24H. The van der Waals surface area contributed by atoms with Gasteiger partial charge in [-0.15, -0.1) is 0 Å². The van der Waals surface area contributed by atoms with Gasteiger partial charge in [0.25, 0.3) is 0 Å². The first kappa shape index (κ1) is 80.9. The quantitative estimate of drug-likeness (QED) is 0.105. The SMILES string of the molecule is CC1(C)c2ccccc2-c2c(-c3ccc(-c4c5ccccc5c(-c5cc6ccccc6c6ccccc56)c5ccccc45)c4ccccc34)cccc21.c1ccc2c(-c3ccc4cc(-c5c6ccccc6c(-c6cc7ccccc7c7ccccc67)c6ccccc56)ccc4c3)cccc2c1.c1ccc2cc(-c3c4ccccc4c(-c4cc5ccccc5c5ccccc45)c4ccccc34)ccc2c1. The summed E-state index contributed by atoms with van der Waals surface area (Å²) < 4.78 is 0. The summed E-state index contributed by atoms with van der Waals surface area (Å²) in [7, 11) is 0. The molecule has 29 rings (SSSR count). The van der Waals surface area contributed by atoms with Crippen LogP contribution in [-0.4, -0.2) is 0 Å². The second-order valence-electron chi connectivity index (χ2n) is 38.1. The highest BCUT2D eigenvalue weighted by Gasteiger charge is 2.37. The van der Waals surface area contributed by atoms with E-state index in [1.807, 2.05) is 0 Å². The van der Waals surface area contributed by atoms with Gasteiger partial charge in [-0.2, -0.15) is 0 Å². The zero-order chi connectivity index (χ0) is 91.9. The van der Waals surface area contributed by atoms with Crippen LogP contribution in [0.25, 0.3) is 273 Å². The second kappa shape index (κ2) is 32.9. The van der Waals surface area contributed by atoms with E-state index in [9.17, 15) is 0 Å². The molecule has 0 saturated heterocycles. The van der Waals surface area contributed by atoms with E-state index in [0.29, 0.717) is 0 Å². The van der Waals surface area contributed by atoms with Crippen LogP contribution in [0, 0.1) is 0 Å². The maximum absolute atomic E-state index is 2.41.